The van der Waals surface area contributed by atoms with Gasteiger partial charge in [0.05, 0.1) is 4.88 Å². The van der Waals surface area contributed by atoms with Gasteiger partial charge in [-0.05, 0) is 35.9 Å². The first kappa shape index (κ1) is 19.5. The monoisotopic (exact) mass is 456 g/mol. The summed E-state index contributed by atoms with van der Waals surface area (Å²) in [4.78, 5) is 18.2. The van der Waals surface area contributed by atoms with E-state index in [1.54, 1.807) is 11.3 Å². The molecular weight excluding hydrogens is 436 g/mol. The van der Waals surface area contributed by atoms with Crippen molar-refractivity contribution in [2.45, 2.75) is 29.3 Å². The summed E-state index contributed by atoms with van der Waals surface area (Å²) in [5.74, 6) is 0.970. The van der Waals surface area contributed by atoms with Gasteiger partial charge >= 0.3 is 0 Å². The zero-order valence-corrected chi connectivity index (χ0v) is 18.8. The molecule has 0 saturated heterocycles. The van der Waals surface area contributed by atoms with E-state index in [1.807, 2.05) is 66.9 Å². The first-order valence-electron chi connectivity index (χ1n) is 10.6. The second-order valence-corrected chi connectivity index (χ2v) is 9.93. The van der Waals surface area contributed by atoms with E-state index < -0.39 is 5.25 Å². The Kier molecular flexibility index (Phi) is 4.92. The van der Waals surface area contributed by atoms with Crippen molar-refractivity contribution in [3.63, 3.8) is 0 Å². The molecule has 1 saturated carbocycles. The van der Waals surface area contributed by atoms with Crippen molar-refractivity contribution in [1.29, 1.82) is 0 Å². The van der Waals surface area contributed by atoms with Gasteiger partial charge in [0, 0.05) is 28.7 Å². The Labute approximate surface area is 193 Å². The number of Topliss-reactive ketones (excluding diaryl/α,β-unsaturated/α-hetero) is 1. The SMILES string of the molecule is O=C(c1c[nH]c2ccccc12)C(Sc1nnc(-c2cccs2)n1C1CC1)c1ccccc1. The molecule has 5 nitrogen and oxygen atoms in total. The predicted molar refractivity (Wildman–Crippen MR) is 129 cm³/mol. The Balaban J connectivity index is 1.42. The number of rotatable bonds is 7. The first-order valence-corrected chi connectivity index (χ1v) is 12.4. The maximum atomic E-state index is 13.9. The summed E-state index contributed by atoms with van der Waals surface area (Å²) in [5, 5.41) is 12.5. The van der Waals surface area contributed by atoms with E-state index in [9.17, 15) is 4.79 Å². The molecule has 2 aromatic carbocycles. The highest BCUT2D eigenvalue weighted by molar-refractivity contribution is 8.00. The number of fused-ring (bicyclic) bond motifs is 1. The molecule has 158 valence electrons. The van der Waals surface area contributed by atoms with E-state index in [0.717, 1.165) is 45.2 Å². The van der Waals surface area contributed by atoms with Gasteiger partial charge in [-0.15, -0.1) is 21.5 Å². The van der Waals surface area contributed by atoms with E-state index in [0.29, 0.717) is 11.6 Å². The molecule has 3 aromatic heterocycles. The van der Waals surface area contributed by atoms with Gasteiger partial charge in [-0.25, -0.2) is 0 Å². The fourth-order valence-electron chi connectivity index (χ4n) is 4.02. The molecule has 7 heteroatoms. The highest BCUT2D eigenvalue weighted by Crippen LogP contribution is 2.45. The van der Waals surface area contributed by atoms with Crippen molar-refractivity contribution >= 4 is 39.8 Å². The number of H-pyrrole nitrogens is 1. The summed E-state index contributed by atoms with van der Waals surface area (Å²) in [7, 11) is 0. The van der Waals surface area contributed by atoms with E-state index >= 15 is 0 Å². The summed E-state index contributed by atoms with van der Waals surface area (Å²) in [6.07, 6.45) is 4.07. The number of thioether (sulfide) groups is 1. The zero-order valence-electron chi connectivity index (χ0n) is 17.1. The van der Waals surface area contributed by atoms with Crippen LogP contribution in [0.5, 0.6) is 0 Å². The quantitative estimate of drug-likeness (QED) is 0.223. The highest BCUT2D eigenvalue weighted by atomic mass is 32.2. The molecule has 1 unspecified atom stereocenters. The summed E-state index contributed by atoms with van der Waals surface area (Å²) in [6.45, 7) is 0. The van der Waals surface area contributed by atoms with Gasteiger partial charge in [0.15, 0.2) is 16.8 Å². The zero-order chi connectivity index (χ0) is 21.5. The van der Waals surface area contributed by atoms with Crippen molar-refractivity contribution in [3.05, 3.63) is 89.4 Å². The topological polar surface area (TPSA) is 63.6 Å². The van der Waals surface area contributed by atoms with E-state index in [4.69, 9.17) is 0 Å². The minimum absolute atomic E-state index is 0.0710. The number of benzene rings is 2. The Morgan fingerprint density at radius 1 is 1.03 bits per heavy atom. The molecule has 0 bridgehead atoms. The van der Waals surface area contributed by atoms with E-state index in [-0.39, 0.29) is 5.78 Å². The summed E-state index contributed by atoms with van der Waals surface area (Å²) in [6, 6.07) is 22.4. The van der Waals surface area contributed by atoms with Gasteiger partial charge in [0.25, 0.3) is 0 Å². The number of hydrogen-bond donors (Lipinski definition) is 1. The average Bonchev–Trinajstić information content (AvgIpc) is 3.22. The number of para-hydroxylation sites is 1. The molecule has 1 atom stereocenters. The number of carbonyl (C=O) groups excluding carboxylic acids is 1. The van der Waals surface area contributed by atoms with Gasteiger partial charge < -0.3 is 4.98 Å². The van der Waals surface area contributed by atoms with Crippen molar-refractivity contribution in [1.82, 2.24) is 19.7 Å². The second-order valence-electron chi connectivity index (χ2n) is 7.91. The van der Waals surface area contributed by atoms with Gasteiger partial charge in [-0.3, -0.25) is 9.36 Å². The third-order valence-electron chi connectivity index (χ3n) is 5.74. The van der Waals surface area contributed by atoms with Crippen molar-refractivity contribution in [2.24, 2.45) is 0 Å². The van der Waals surface area contributed by atoms with E-state index in [1.165, 1.54) is 11.8 Å². The molecule has 6 rings (SSSR count). The fraction of sp³-hybridized carbons (Fsp3) is 0.160. The highest BCUT2D eigenvalue weighted by Gasteiger charge is 2.33. The first-order chi connectivity index (χ1) is 15.8. The number of ketones is 1. The number of thiophene rings is 1. The van der Waals surface area contributed by atoms with Gasteiger partial charge in [-0.2, -0.15) is 0 Å². The molecule has 1 aliphatic carbocycles. The largest absolute Gasteiger partial charge is 0.360 e. The molecule has 0 amide bonds. The maximum Gasteiger partial charge on any atom is 0.192 e. The maximum absolute atomic E-state index is 13.9. The minimum Gasteiger partial charge on any atom is -0.360 e. The summed E-state index contributed by atoms with van der Waals surface area (Å²) < 4.78 is 2.23. The summed E-state index contributed by atoms with van der Waals surface area (Å²) in [5.41, 5.74) is 2.64. The van der Waals surface area contributed by atoms with Crippen molar-refractivity contribution in [3.8, 4) is 10.7 Å². The van der Waals surface area contributed by atoms with Gasteiger partial charge in [0.2, 0.25) is 0 Å². The third kappa shape index (κ3) is 3.47. The van der Waals surface area contributed by atoms with Crippen LogP contribution in [0, 0.1) is 0 Å². The molecule has 0 aliphatic heterocycles. The Morgan fingerprint density at radius 2 is 1.84 bits per heavy atom. The normalized spacial score (nSPS) is 14.6. The fourth-order valence-corrected chi connectivity index (χ4v) is 5.90. The molecule has 32 heavy (non-hydrogen) atoms. The van der Waals surface area contributed by atoms with Crippen LogP contribution >= 0.6 is 23.1 Å². The summed E-state index contributed by atoms with van der Waals surface area (Å²) >= 11 is 3.17. The molecule has 0 radical (unpaired) electrons. The average molecular weight is 457 g/mol. The lowest BCUT2D eigenvalue weighted by atomic mass is 10.0. The van der Waals surface area contributed by atoms with Crippen LogP contribution in [0.1, 0.15) is 40.1 Å². The number of aromatic nitrogens is 4. The van der Waals surface area contributed by atoms with Crippen molar-refractivity contribution in [2.75, 3.05) is 0 Å². The number of nitrogens with zero attached hydrogens (tertiary/aromatic N) is 3. The van der Waals surface area contributed by atoms with Crippen LogP contribution in [-0.4, -0.2) is 25.5 Å². The molecule has 5 aromatic rings. The smallest absolute Gasteiger partial charge is 0.192 e. The van der Waals surface area contributed by atoms with Crippen LogP contribution in [0.25, 0.3) is 21.6 Å². The van der Waals surface area contributed by atoms with Crippen LogP contribution in [0.15, 0.2) is 83.5 Å². The third-order valence-corrected chi connectivity index (χ3v) is 7.81. The standard InChI is InChI=1S/C25H20N4OS2/c30-22(19-15-26-20-10-5-4-9-18(19)20)23(16-7-2-1-3-8-16)32-25-28-27-24(21-11-6-14-31-21)29(25)17-12-13-17/h1-11,14-15,17,23,26H,12-13H2. The minimum atomic E-state index is -0.409. The molecule has 1 N–H and O–H groups in total. The number of carbonyl (C=O) groups is 1. The Morgan fingerprint density at radius 3 is 2.62 bits per heavy atom. The Hall–Kier alpha value is -3.16. The molecule has 0 spiro atoms. The number of hydrogen-bond acceptors (Lipinski definition) is 5. The molecule has 1 aliphatic rings. The predicted octanol–water partition coefficient (Wildman–Crippen LogP) is 6.54. The molecular formula is C25H20N4OS2. The van der Waals surface area contributed by atoms with Crippen LogP contribution in [0.3, 0.4) is 0 Å². The van der Waals surface area contributed by atoms with Crippen molar-refractivity contribution < 1.29 is 4.79 Å². The Bertz CT molecular complexity index is 1380. The van der Waals surface area contributed by atoms with Crippen LogP contribution in [-0.2, 0) is 0 Å². The molecule has 1 fully saturated rings. The number of nitrogens with one attached hydrogen (secondary N) is 1. The number of aromatic amines is 1. The lowest BCUT2D eigenvalue weighted by Crippen LogP contribution is -2.11. The van der Waals surface area contributed by atoms with Gasteiger partial charge in [0.1, 0.15) is 5.25 Å². The molecule has 3 heterocycles. The van der Waals surface area contributed by atoms with Crippen LogP contribution in [0.2, 0.25) is 0 Å². The van der Waals surface area contributed by atoms with Crippen LogP contribution < -0.4 is 0 Å². The van der Waals surface area contributed by atoms with Crippen LogP contribution in [0.4, 0.5) is 0 Å². The van der Waals surface area contributed by atoms with E-state index in [2.05, 4.69) is 31.2 Å². The lowest BCUT2D eigenvalue weighted by Gasteiger charge is -2.16. The second kappa shape index (κ2) is 8.07. The van der Waals surface area contributed by atoms with Gasteiger partial charge in [-0.1, -0.05) is 66.4 Å². The lowest BCUT2D eigenvalue weighted by molar-refractivity contribution is 0.0991.